The molecular formula is C16H19N7S. The Morgan fingerprint density at radius 2 is 2.38 bits per heavy atom. The fourth-order valence-electron chi connectivity index (χ4n) is 2.32. The van der Waals surface area contributed by atoms with Gasteiger partial charge >= 0.3 is 0 Å². The lowest BCUT2D eigenvalue weighted by Crippen LogP contribution is -2.36. The van der Waals surface area contributed by atoms with Crippen LogP contribution in [0.2, 0.25) is 0 Å². The number of nitrogens with one attached hydrogen (secondary N) is 2. The van der Waals surface area contributed by atoms with Gasteiger partial charge in [0.05, 0.1) is 23.3 Å². The van der Waals surface area contributed by atoms with Crippen molar-refractivity contribution < 1.29 is 0 Å². The number of rotatable bonds is 4. The molecule has 0 aliphatic carbocycles. The zero-order valence-corrected chi connectivity index (χ0v) is 14.4. The van der Waals surface area contributed by atoms with Gasteiger partial charge in [0.25, 0.3) is 0 Å². The quantitative estimate of drug-likeness (QED) is 0.795. The first kappa shape index (κ1) is 16.0. The van der Waals surface area contributed by atoms with Gasteiger partial charge < -0.3 is 16.0 Å². The third kappa shape index (κ3) is 3.09. The van der Waals surface area contributed by atoms with Gasteiger partial charge in [-0.2, -0.15) is 9.47 Å². The zero-order chi connectivity index (χ0) is 17.1. The summed E-state index contributed by atoms with van der Waals surface area (Å²) in [5.74, 6) is 0.671. The van der Waals surface area contributed by atoms with E-state index in [9.17, 15) is 0 Å². The standard InChI is InChI=1S/C16H19N7S/c1-4-13-5-15(24-22-13)21-16-11(3)23(9-10(2)20-16)14(6-17)12-7-18-19-8-12/h5-9H,3-4,17H2,1-2H3,(H,18,19)(H,20,21)/b14-6-. The van der Waals surface area contributed by atoms with E-state index in [2.05, 4.69) is 38.4 Å². The molecule has 7 nitrogen and oxygen atoms in total. The molecule has 0 fully saturated rings. The molecule has 2 aromatic rings. The van der Waals surface area contributed by atoms with Crippen molar-refractivity contribution in [1.82, 2.24) is 24.8 Å². The minimum Gasteiger partial charge on any atom is -0.403 e. The van der Waals surface area contributed by atoms with Crippen molar-refractivity contribution in [2.45, 2.75) is 20.3 Å². The zero-order valence-electron chi connectivity index (χ0n) is 13.6. The molecule has 0 radical (unpaired) electrons. The number of aliphatic imine (C=N–C) groups is 1. The molecule has 0 amide bonds. The topological polar surface area (TPSA) is 95.2 Å². The van der Waals surface area contributed by atoms with Crippen LogP contribution in [-0.4, -0.2) is 25.3 Å². The predicted molar refractivity (Wildman–Crippen MR) is 97.2 cm³/mol. The molecule has 0 unspecified atom stereocenters. The smallest absolute Gasteiger partial charge is 0.155 e. The number of hydrogen-bond donors (Lipinski definition) is 3. The van der Waals surface area contributed by atoms with Crippen molar-refractivity contribution in [3.05, 3.63) is 60.1 Å². The number of aryl methyl sites for hydroxylation is 1. The van der Waals surface area contributed by atoms with E-state index in [1.54, 1.807) is 12.4 Å². The maximum Gasteiger partial charge on any atom is 0.155 e. The number of H-pyrrole nitrogens is 1. The number of nitrogens with two attached hydrogens (primary N) is 1. The summed E-state index contributed by atoms with van der Waals surface area (Å²) < 4.78 is 4.36. The maximum atomic E-state index is 5.84. The molecule has 0 spiro atoms. The maximum absolute atomic E-state index is 5.84. The lowest BCUT2D eigenvalue weighted by Gasteiger charge is -2.31. The Labute approximate surface area is 144 Å². The SMILES string of the molecule is C=C1C(=Nc2cc(CC)ns2)NC(C)=CN1/C(=C\N)c1cn[nH]c1. The summed E-state index contributed by atoms with van der Waals surface area (Å²) in [6.45, 7) is 8.19. The Hall–Kier alpha value is -2.87. The molecule has 1 aliphatic heterocycles. The van der Waals surface area contributed by atoms with Crippen molar-refractivity contribution in [2.75, 3.05) is 0 Å². The van der Waals surface area contributed by atoms with Crippen molar-refractivity contribution >= 4 is 28.1 Å². The van der Waals surface area contributed by atoms with Gasteiger partial charge in [0.1, 0.15) is 5.00 Å². The second kappa shape index (κ2) is 6.71. The molecule has 0 saturated heterocycles. The third-order valence-corrected chi connectivity index (χ3v) is 4.27. The number of allylic oxidation sites excluding steroid dienone is 1. The molecule has 4 N–H and O–H groups in total. The summed E-state index contributed by atoms with van der Waals surface area (Å²) >= 11 is 1.37. The van der Waals surface area contributed by atoms with Gasteiger partial charge in [-0.25, -0.2) is 4.99 Å². The lowest BCUT2D eigenvalue weighted by molar-refractivity contribution is 0.655. The van der Waals surface area contributed by atoms with E-state index < -0.39 is 0 Å². The second-order valence-electron chi connectivity index (χ2n) is 5.26. The minimum absolute atomic E-state index is 0.671. The van der Waals surface area contributed by atoms with Crippen LogP contribution in [0.4, 0.5) is 5.00 Å². The van der Waals surface area contributed by atoms with Gasteiger partial charge in [0, 0.05) is 29.9 Å². The molecule has 0 saturated carbocycles. The van der Waals surface area contributed by atoms with Crippen LogP contribution in [0.3, 0.4) is 0 Å². The molecule has 0 bridgehead atoms. The Kier molecular flexibility index (Phi) is 4.48. The van der Waals surface area contributed by atoms with Crippen molar-refractivity contribution in [3.63, 3.8) is 0 Å². The Bertz CT molecular complexity index is 826. The van der Waals surface area contributed by atoms with Crippen LogP contribution in [0, 0.1) is 0 Å². The van der Waals surface area contributed by atoms with E-state index >= 15 is 0 Å². The molecule has 24 heavy (non-hydrogen) atoms. The molecular weight excluding hydrogens is 322 g/mol. The molecule has 8 heteroatoms. The Balaban J connectivity index is 1.95. The van der Waals surface area contributed by atoms with Crippen LogP contribution >= 0.6 is 11.5 Å². The average molecular weight is 341 g/mol. The highest BCUT2D eigenvalue weighted by molar-refractivity contribution is 7.09. The molecule has 0 aromatic carbocycles. The summed E-state index contributed by atoms with van der Waals surface area (Å²) in [6, 6.07) is 1.99. The molecule has 1 aliphatic rings. The van der Waals surface area contributed by atoms with Gasteiger partial charge in [-0.1, -0.05) is 13.5 Å². The Morgan fingerprint density at radius 1 is 1.54 bits per heavy atom. The first-order valence-corrected chi connectivity index (χ1v) is 8.29. The van der Waals surface area contributed by atoms with E-state index in [4.69, 9.17) is 5.73 Å². The molecule has 3 rings (SSSR count). The van der Waals surface area contributed by atoms with Crippen LogP contribution < -0.4 is 11.1 Å². The number of aromatic amines is 1. The van der Waals surface area contributed by atoms with Crippen molar-refractivity contribution in [3.8, 4) is 0 Å². The van der Waals surface area contributed by atoms with Gasteiger partial charge in [0.2, 0.25) is 0 Å². The van der Waals surface area contributed by atoms with Crippen LogP contribution in [0.5, 0.6) is 0 Å². The molecule has 124 valence electrons. The lowest BCUT2D eigenvalue weighted by atomic mass is 10.2. The van der Waals surface area contributed by atoms with Gasteiger partial charge in [-0.3, -0.25) is 5.10 Å². The average Bonchev–Trinajstić information content (AvgIpc) is 3.24. The normalized spacial score (nSPS) is 17.2. The molecule has 3 heterocycles. The van der Waals surface area contributed by atoms with Crippen LogP contribution in [0.25, 0.3) is 5.70 Å². The summed E-state index contributed by atoms with van der Waals surface area (Å²) in [7, 11) is 0. The number of nitrogens with zero attached hydrogens (tertiary/aromatic N) is 4. The van der Waals surface area contributed by atoms with E-state index in [0.29, 0.717) is 11.5 Å². The highest BCUT2D eigenvalue weighted by Crippen LogP contribution is 2.28. The van der Waals surface area contributed by atoms with E-state index in [-0.39, 0.29) is 0 Å². The largest absolute Gasteiger partial charge is 0.403 e. The second-order valence-corrected chi connectivity index (χ2v) is 6.05. The molecule has 2 aromatic heterocycles. The van der Waals surface area contributed by atoms with Crippen LogP contribution in [0.1, 0.15) is 25.1 Å². The summed E-state index contributed by atoms with van der Waals surface area (Å²) in [4.78, 5) is 6.55. The van der Waals surface area contributed by atoms with E-state index in [1.165, 1.54) is 17.7 Å². The van der Waals surface area contributed by atoms with Crippen LogP contribution in [0.15, 0.2) is 53.8 Å². The third-order valence-electron chi connectivity index (χ3n) is 3.54. The number of hydrogen-bond acceptors (Lipinski definition) is 6. The fourth-order valence-corrected chi connectivity index (χ4v) is 3.03. The fraction of sp³-hybridized carbons (Fsp3) is 0.188. The van der Waals surface area contributed by atoms with Crippen LogP contribution in [-0.2, 0) is 6.42 Å². The number of aromatic nitrogens is 3. The Morgan fingerprint density at radius 3 is 3.00 bits per heavy atom. The summed E-state index contributed by atoms with van der Waals surface area (Å²) in [5.41, 5.74) is 10.2. The number of amidine groups is 1. The summed E-state index contributed by atoms with van der Waals surface area (Å²) in [6.07, 6.45) is 7.85. The predicted octanol–water partition coefficient (Wildman–Crippen LogP) is 2.70. The van der Waals surface area contributed by atoms with Gasteiger partial charge in [-0.05, 0) is 30.9 Å². The summed E-state index contributed by atoms with van der Waals surface area (Å²) in [5, 5.41) is 10.9. The van der Waals surface area contributed by atoms with E-state index in [0.717, 1.165) is 34.1 Å². The highest BCUT2D eigenvalue weighted by atomic mass is 32.1. The van der Waals surface area contributed by atoms with Gasteiger partial charge in [-0.15, -0.1) is 0 Å². The monoisotopic (exact) mass is 341 g/mol. The van der Waals surface area contributed by atoms with Crippen molar-refractivity contribution in [2.24, 2.45) is 10.7 Å². The highest BCUT2D eigenvalue weighted by Gasteiger charge is 2.22. The first-order chi connectivity index (χ1) is 11.6. The minimum atomic E-state index is 0.671. The first-order valence-electron chi connectivity index (χ1n) is 7.51. The molecule has 0 atom stereocenters. The van der Waals surface area contributed by atoms with Gasteiger partial charge in [0.15, 0.2) is 5.84 Å². The van der Waals surface area contributed by atoms with Crippen molar-refractivity contribution in [1.29, 1.82) is 0 Å². The van der Waals surface area contributed by atoms with E-state index in [1.807, 2.05) is 24.1 Å².